The number of benzene rings is 1. The zero-order valence-electron chi connectivity index (χ0n) is 19.9. The highest BCUT2D eigenvalue weighted by Crippen LogP contribution is 2.38. The van der Waals surface area contributed by atoms with Crippen LogP contribution in [0.3, 0.4) is 0 Å². The maximum absolute atomic E-state index is 12.1. The number of rotatable bonds is 5. The summed E-state index contributed by atoms with van der Waals surface area (Å²) in [6.45, 7) is 5.13. The second-order valence-electron chi connectivity index (χ2n) is 9.84. The molecule has 3 fully saturated rings. The van der Waals surface area contributed by atoms with Crippen LogP contribution in [-0.4, -0.2) is 95.5 Å². The van der Waals surface area contributed by atoms with Gasteiger partial charge in [0.1, 0.15) is 0 Å². The minimum Gasteiger partial charge on any atom is -0.378 e. The number of hydrogen-bond acceptors (Lipinski definition) is 9. The zero-order chi connectivity index (χ0) is 24.4. The van der Waals surface area contributed by atoms with E-state index in [0.717, 1.165) is 65.1 Å². The fourth-order valence-electron chi connectivity index (χ4n) is 5.83. The number of ether oxygens (including phenoxy) is 1. The summed E-state index contributed by atoms with van der Waals surface area (Å²) in [4.78, 5) is 16.0. The molecule has 10 nitrogen and oxygen atoms in total. The quantitative estimate of drug-likeness (QED) is 0.423. The Labute approximate surface area is 212 Å². The van der Waals surface area contributed by atoms with E-state index in [0.29, 0.717) is 25.6 Å². The largest absolute Gasteiger partial charge is 0.378 e. The highest BCUT2D eigenvalue weighted by atomic mass is 32.2. The van der Waals surface area contributed by atoms with Gasteiger partial charge in [-0.3, -0.25) is 10.00 Å². The van der Waals surface area contributed by atoms with Crippen LogP contribution in [0.1, 0.15) is 11.3 Å². The van der Waals surface area contributed by atoms with E-state index in [4.69, 9.17) is 14.7 Å². The molecule has 6 heterocycles. The van der Waals surface area contributed by atoms with Crippen molar-refractivity contribution < 1.29 is 13.2 Å². The summed E-state index contributed by atoms with van der Waals surface area (Å²) in [5.41, 5.74) is 2.87. The highest BCUT2D eigenvalue weighted by Gasteiger charge is 2.46. The van der Waals surface area contributed by atoms with Gasteiger partial charge in [-0.05, 0) is 18.6 Å². The Hall–Kier alpha value is -2.64. The van der Waals surface area contributed by atoms with E-state index >= 15 is 0 Å². The first-order valence-corrected chi connectivity index (χ1v) is 14.9. The van der Waals surface area contributed by atoms with Gasteiger partial charge < -0.3 is 9.64 Å². The second kappa shape index (κ2) is 8.45. The third-order valence-electron chi connectivity index (χ3n) is 7.53. The molecular formula is C24H27N7O3S2. The number of H-pyrrole nitrogens is 1. The van der Waals surface area contributed by atoms with Crippen molar-refractivity contribution in [3.63, 3.8) is 0 Å². The Balaban J connectivity index is 1.26. The average molecular weight is 526 g/mol. The van der Waals surface area contributed by atoms with E-state index in [-0.39, 0.29) is 12.1 Å². The fourth-order valence-corrected chi connectivity index (χ4v) is 8.10. The molecule has 36 heavy (non-hydrogen) atoms. The van der Waals surface area contributed by atoms with Gasteiger partial charge in [0.15, 0.2) is 11.6 Å². The molecule has 3 saturated heterocycles. The molecule has 0 amide bonds. The lowest BCUT2D eigenvalue weighted by Crippen LogP contribution is -2.47. The first kappa shape index (κ1) is 22.5. The molecule has 0 aliphatic carbocycles. The maximum atomic E-state index is 12.1. The molecule has 0 unspecified atom stereocenters. The number of likely N-dealkylation sites (tertiary alicyclic amines) is 1. The van der Waals surface area contributed by atoms with Crippen LogP contribution in [0, 0.1) is 0 Å². The average Bonchev–Trinajstić information content (AvgIpc) is 3.66. The first-order chi connectivity index (χ1) is 17.4. The Morgan fingerprint density at radius 1 is 1.17 bits per heavy atom. The number of sulfonamides is 1. The first-order valence-electron chi connectivity index (χ1n) is 12.2. The Bertz CT molecular complexity index is 1560. The molecule has 0 saturated carbocycles. The van der Waals surface area contributed by atoms with E-state index < -0.39 is 10.0 Å². The molecule has 12 heteroatoms. The van der Waals surface area contributed by atoms with Crippen molar-refractivity contribution in [3.8, 4) is 11.4 Å². The summed E-state index contributed by atoms with van der Waals surface area (Å²) in [5, 5.41) is 8.25. The number of thiophene rings is 1. The van der Waals surface area contributed by atoms with Gasteiger partial charge in [0, 0.05) is 60.6 Å². The van der Waals surface area contributed by atoms with Crippen molar-refractivity contribution in [2.24, 2.45) is 0 Å². The van der Waals surface area contributed by atoms with Crippen molar-refractivity contribution in [2.45, 2.75) is 25.0 Å². The maximum Gasteiger partial charge on any atom is 0.211 e. The van der Waals surface area contributed by atoms with Gasteiger partial charge in [-0.1, -0.05) is 12.1 Å². The van der Waals surface area contributed by atoms with Crippen molar-refractivity contribution in [2.75, 3.05) is 50.5 Å². The fraction of sp³-hybridized carbons (Fsp3) is 0.458. The van der Waals surface area contributed by atoms with Gasteiger partial charge in [0.2, 0.25) is 10.0 Å². The lowest BCUT2D eigenvalue weighted by Gasteiger charge is -2.32. The van der Waals surface area contributed by atoms with E-state index in [1.165, 1.54) is 11.1 Å². The number of piperazine rings is 1. The Morgan fingerprint density at radius 3 is 2.81 bits per heavy atom. The zero-order valence-corrected chi connectivity index (χ0v) is 21.6. The van der Waals surface area contributed by atoms with E-state index in [2.05, 4.69) is 26.1 Å². The number of morpholine rings is 1. The molecule has 4 aromatic rings. The van der Waals surface area contributed by atoms with Gasteiger partial charge in [-0.15, -0.1) is 11.3 Å². The smallest absolute Gasteiger partial charge is 0.211 e. The molecule has 2 bridgehead atoms. The van der Waals surface area contributed by atoms with E-state index in [1.54, 1.807) is 15.6 Å². The summed E-state index contributed by atoms with van der Waals surface area (Å²) >= 11 is 1.75. The third kappa shape index (κ3) is 3.79. The number of nitrogens with zero attached hydrogens (tertiary/aromatic N) is 6. The Kier molecular flexibility index (Phi) is 5.29. The summed E-state index contributed by atoms with van der Waals surface area (Å²) in [5.74, 6) is 1.66. The number of hydrogen-bond donors (Lipinski definition) is 1. The molecule has 188 valence electrons. The minimum absolute atomic E-state index is 0.0881. The summed E-state index contributed by atoms with van der Waals surface area (Å²) in [7, 11) is -3.14. The number of fused-ring (bicyclic) bond motifs is 4. The van der Waals surface area contributed by atoms with Crippen LogP contribution >= 0.6 is 11.3 Å². The summed E-state index contributed by atoms with van der Waals surface area (Å²) in [6.07, 6.45) is 4.06. The topological polar surface area (TPSA) is 108 Å². The van der Waals surface area contributed by atoms with Crippen molar-refractivity contribution in [1.29, 1.82) is 0 Å². The van der Waals surface area contributed by atoms with Crippen molar-refractivity contribution >= 4 is 48.3 Å². The lowest BCUT2D eigenvalue weighted by atomic mass is 10.1. The van der Waals surface area contributed by atoms with E-state index in [1.807, 2.05) is 24.4 Å². The van der Waals surface area contributed by atoms with Gasteiger partial charge in [0.05, 0.1) is 41.4 Å². The van der Waals surface area contributed by atoms with Crippen LogP contribution in [0.5, 0.6) is 0 Å². The Morgan fingerprint density at radius 2 is 2.03 bits per heavy atom. The third-order valence-corrected chi connectivity index (χ3v) is 9.93. The number of aromatic amines is 1. The molecule has 3 aromatic heterocycles. The highest BCUT2D eigenvalue weighted by molar-refractivity contribution is 7.88. The number of nitrogens with one attached hydrogen (secondary N) is 1. The number of anilines is 1. The number of aromatic nitrogens is 4. The van der Waals surface area contributed by atoms with Crippen LogP contribution in [0.4, 0.5) is 5.82 Å². The van der Waals surface area contributed by atoms with Gasteiger partial charge in [0.25, 0.3) is 0 Å². The molecule has 3 aliphatic rings. The lowest BCUT2D eigenvalue weighted by molar-refractivity contribution is 0.122. The van der Waals surface area contributed by atoms with Gasteiger partial charge >= 0.3 is 0 Å². The molecule has 2 atom stereocenters. The van der Waals surface area contributed by atoms with Crippen LogP contribution in [0.2, 0.25) is 0 Å². The second-order valence-corrected chi connectivity index (χ2v) is 12.9. The molecular weight excluding hydrogens is 498 g/mol. The molecule has 1 N–H and O–H groups in total. The van der Waals surface area contributed by atoms with Gasteiger partial charge in [-0.25, -0.2) is 18.4 Å². The molecule has 1 aromatic carbocycles. The van der Waals surface area contributed by atoms with Crippen molar-refractivity contribution in [3.05, 3.63) is 35.3 Å². The van der Waals surface area contributed by atoms with E-state index in [9.17, 15) is 8.42 Å². The predicted molar refractivity (Wildman–Crippen MR) is 140 cm³/mol. The molecule has 7 rings (SSSR count). The van der Waals surface area contributed by atoms with Gasteiger partial charge in [-0.2, -0.15) is 9.40 Å². The summed E-state index contributed by atoms with van der Waals surface area (Å²) in [6, 6.07) is 8.59. The monoisotopic (exact) mass is 525 g/mol. The SMILES string of the molecule is CS(=O)(=O)N1C[C@H]2C[C@@H]1CN2Cc1cc2nc(-c3cccc4[nH]ncc34)nc(N3CCOCC3)c2s1. The normalized spacial score (nSPS) is 23.4. The summed E-state index contributed by atoms with van der Waals surface area (Å²) < 4.78 is 32.5. The van der Waals surface area contributed by atoms with Crippen LogP contribution in [0.15, 0.2) is 30.5 Å². The molecule has 3 aliphatic heterocycles. The van der Waals surface area contributed by atoms with Crippen LogP contribution in [-0.2, 0) is 21.3 Å². The predicted octanol–water partition coefficient (Wildman–Crippen LogP) is 2.29. The van der Waals surface area contributed by atoms with Crippen LogP contribution < -0.4 is 4.90 Å². The minimum atomic E-state index is -3.14. The molecule has 0 spiro atoms. The molecule has 0 radical (unpaired) electrons. The van der Waals surface area contributed by atoms with Crippen molar-refractivity contribution in [1.82, 2.24) is 29.4 Å². The standard InChI is InChI=1S/C24H27N7O3S2/c1-36(32,33)31-13-15-9-16(31)12-30(15)14-17-10-21-22(35-17)24(29-5-7-34-8-6-29)27-23(26-21)18-3-2-4-20-19(18)11-25-28-20/h2-4,10-11,15-16H,5-9,12-14H2,1H3,(H,25,28)/t15-,16-/m1/s1. The van der Waals surface area contributed by atoms with Crippen LogP contribution in [0.25, 0.3) is 32.5 Å².